The summed E-state index contributed by atoms with van der Waals surface area (Å²) in [7, 11) is -7.73. The molecule has 2 aromatic carbocycles. The number of alkyl halides is 3. The van der Waals surface area contributed by atoms with Gasteiger partial charge in [-0.05, 0) is 61.6 Å². The van der Waals surface area contributed by atoms with E-state index >= 15 is 0 Å². The minimum Gasteiger partial charge on any atom is -0.406 e. The summed E-state index contributed by atoms with van der Waals surface area (Å²) >= 11 is 0. The summed E-state index contributed by atoms with van der Waals surface area (Å²) in [6.45, 7) is 1.09. The largest absolute Gasteiger partial charge is 0.573 e. The maximum absolute atomic E-state index is 13.1. The number of aryl methyl sites for hydroxylation is 2. The number of nitrogens with zero attached hydrogens (tertiary/aromatic N) is 2. The maximum Gasteiger partial charge on any atom is 0.573 e. The molecule has 4 N–H and O–H groups in total. The second-order valence-corrected chi connectivity index (χ2v) is 13.7. The molecule has 0 unspecified atom stereocenters. The van der Waals surface area contributed by atoms with Crippen molar-refractivity contribution in [2.24, 2.45) is 10.7 Å². The van der Waals surface area contributed by atoms with Crippen molar-refractivity contribution in [2.45, 2.75) is 43.0 Å². The number of halogens is 3. The molecule has 1 spiro atoms. The molecule has 17 heteroatoms. The highest BCUT2D eigenvalue weighted by atomic mass is 32.2. The van der Waals surface area contributed by atoms with Crippen molar-refractivity contribution in [3.8, 4) is 5.75 Å². The first-order chi connectivity index (χ1) is 19.5. The van der Waals surface area contributed by atoms with E-state index < -0.39 is 56.1 Å². The number of hydrogen-bond donors (Lipinski definition) is 3. The van der Waals surface area contributed by atoms with Gasteiger partial charge in [-0.3, -0.25) is 14.6 Å². The van der Waals surface area contributed by atoms with Crippen LogP contribution in [0, 0.1) is 6.92 Å². The summed E-state index contributed by atoms with van der Waals surface area (Å²) in [4.78, 5) is 28.1. The number of sulfonamides is 2. The van der Waals surface area contributed by atoms with Crippen molar-refractivity contribution in [3.05, 3.63) is 59.2 Å². The number of ether oxygens (including phenoxy) is 1. The summed E-state index contributed by atoms with van der Waals surface area (Å²) in [6, 6.07) is 9.21. The van der Waals surface area contributed by atoms with E-state index in [-0.39, 0.29) is 54.4 Å². The number of primary amides is 1. The van der Waals surface area contributed by atoms with Crippen LogP contribution in [0.25, 0.3) is 0 Å². The van der Waals surface area contributed by atoms with Crippen LogP contribution in [-0.4, -0.2) is 76.1 Å². The summed E-state index contributed by atoms with van der Waals surface area (Å²) in [6.07, 6.45) is -4.63. The molecule has 0 radical (unpaired) electrons. The predicted octanol–water partition coefficient (Wildman–Crippen LogP) is 0.941. The molecule has 4 rings (SSSR count). The molecule has 2 aromatic rings. The van der Waals surface area contributed by atoms with Gasteiger partial charge in [-0.1, -0.05) is 18.2 Å². The molecular formula is C25H28F3N5O7S2. The minimum atomic E-state index is -4.88. The molecule has 2 amide bonds. The van der Waals surface area contributed by atoms with Gasteiger partial charge in [-0.25, -0.2) is 25.9 Å². The zero-order valence-corrected chi connectivity index (χ0v) is 23.9. The lowest BCUT2D eigenvalue weighted by Gasteiger charge is -2.34. The van der Waals surface area contributed by atoms with Crippen LogP contribution in [0.1, 0.15) is 29.5 Å². The van der Waals surface area contributed by atoms with Gasteiger partial charge >= 0.3 is 6.36 Å². The van der Waals surface area contributed by atoms with Crippen molar-refractivity contribution in [1.29, 1.82) is 0 Å². The summed E-state index contributed by atoms with van der Waals surface area (Å²) in [5.41, 5.74) is 5.10. The third kappa shape index (κ3) is 7.26. The Labute approximate surface area is 240 Å². The molecule has 0 bridgehead atoms. The van der Waals surface area contributed by atoms with Gasteiger partial charge in [-0.2, -0.15) is 0 Å². The van der Waals surface area contributed by atoms with Crippen molar-refractivity contribution < 1.29 is 44.3 Å². The molecule has 2 heterocycles. The Bertz CT molecular complexity index is 1640. The Morgan fingerprint density at radius 3 is 2.45 bits per heavy atom. The zero-order chi connectivity index (χ0) is 30.9. The van der Waals surface area contributed by atoms with Crippen molar-refractivity contribution in [3.63, 3.8) is 0 Å². The van der Waals surface area contributed by atoms with E-state index in [0.717, 1.165) is 12.1 Å². The van der Waals surface area contributed by atoms with Gasteiger partial charge in [0.2, 0.25) is 26.0 Å². The predicted molar refractivity (Wildman–Crippen MR) is 144 cm³/mol. The maximum atomic E-state index is 13.1. The first-order valence-corrected chi connectivity index (χ1v) is 15.7. The molecule has 2 aliphatic rings. The number of aliphatic imine (C=N–C) groups is 1. The van der Waals surface area contributed by atoms with E-state index in [0.29, 0.717) is 11.1 Å². The van der Waals surface area contributed by atoms with Crippen LogP contribution < -0.4 is 20.5 Å². The lowest BCUT2D eigenvalue weighted by molar-refractivity contribution is -0.274. The summed E-state index contributed by atoms with van der Waals surface area (Å²) < 4.78 is 95.9. The van der Waals surface area contributed by atoms with E-state index in [1.807, 2.05) is 0 Å². The highest BCUT2D eigenvalue weighted by Gasteiger charge is 2.47. The topological polar surface area (TPSA) is 177 Å². The number of benzene rings is 2. The molecule has 1 fully saturated rings. The van der Waals surface area contributed by atoms with Crippen LogP contribution >= 0.6 is 0 Å². The van der Waals surface area contributed by atoms with Crippen molar-refractivity contribution in [1.82, 2.24) is 14.3 Å². The van der Waals surface area contributed by atoms with Gasteiger partial charge < -0.3 is 15.8 Å². The number of amidine groups is 1. The second kappa shape index (κ2) is 11.6. The standard InChI is InChI=1S/C25H28F3N5O7S2/c1-16-13-20(42(38,39)30-15-21(29)34)6-5-17(16)7-12-41(36,37)33-10-8-24(9-11-33)23(35)31-22(32-24)18-3-2-4-19(14-18)40-25(26,27)28/h2-6,13-14,30H,7-12,15H2,1H3,(H2,29,34)(H,31,32,35). The van der Waals surface area contributed by atoms with Crippen LogP contribution in [0.4, 0.5) is 13.2 Å². The van der Waals surface area contributed by atoms with Crippen LogP contribution in [0.2, 0.25) is 0 Å². The molecular weight excluding hydrogens is 603 g/mol. The summed E-state index contributed by atoms with van der Waals surface area (Å²) in [5.74, 6) is -1.96. The van der Waals surface area contributed by atoms with Crippen molar-refractivity contribution >= 4 is 37.7 Å². The fourth-order valence-corrected chi connectivity index (χ4v) is 7.25. The number of carbonyl (C=O) groups is 2. The molecule has 0 aliphatic carbocycles. The number of rotatable bonds is 10. The number of nitrogens with two attached hydrogens (primary N) is 1. The first kappa shape index (κ1) is 31.4. The highest BCUT2D eigenvalue weighted by molar-refractivity contribution is 7.89. The molecule has 1 saturated heterocycles. The quantitative estimate of drug-likeness (QED) is 0.349. The number of hydrogen-bond acceptors (Lipinski definition) is 8. The molecule has 0 atom stereocenters. The first-order valence-electron chi connectivity index (χ1n) is 12.6. The van der Waals surface area contributed by atoms with E-state index in [2.05, 4.69) is 19.8 Å². The minimum absolute atomic E-state index is 0.00541. The van der Waals surface area contributed by atoms with Gasteiger partial charge in [0.15, 0.2) is 0 Å². The average Bonchev–Trinajstić information content (AvgIpc) is 3.21. The SMILES string of the molecule is Cc1cc(S(=O)(=O)NCC(N)=O)ccc1CCS(=O)(=O)N1CCC2(CC1)N=C(c1cccc(OC(F)(F)F)c1)NC2=O. The molecule has 2 aliphatic heterocycles. The van der Waals surface area contributed by atoms with Crippen LogP contribution in [0.3, 0.4) is 0 Å². The molecule has 228 valence electrons. The Morgan fingerprint density at radius 2 is 1.83 bits per heavy atom. The van der Waals surface area contributed by atoms with Gasteiger partial charge in [-0.15, -0.1) is 13.2 Å². The number of piperidine rings is 1. The Balaban J connectivity index is 1.39. The van der Waals surface area contributed by atoms with Crippen LogP contribution in [-0.2, 0) is 36.1 Å². The van der Waals surface area contributed by atoms with E-state index in [9.17, 15) is 39.6 Å². The Hall–Kier alpha value is -3.54. The second-order valence-electron chi connectivity index (χ2n) is 9.87. The summed E-state index contributed by atoms with van der Waals surface area (Å²) in [5, 5.41) is 2.59. The average molecular weight is 632 g/mol. The number of carbonyl (C=O) groups excluding carboxylic acids is 2. The zero-order valence-electron chi connectivity index (χ0n) is 22.3. The number of nitrogens with one attached hydrogen (secondary N) is 2. The Kier molecular flexibility index (Phi) is 8.69. The highest BCUT2D eigenvalue weighted by Crippen LogP contribution is 2.33. The van der Waals surface area contributed by atoms with E-state index in [4.69, 9.17) is 5.73 Å². The van der Waals surface area contributed by atoms with Gasteiger partial charge in [0.25, 0.3) is 5.91 Å². The third-order valence-corrected chi connectivity index (χ3v) is 10.2. The monoisotopic (exact) mass is 631 g/mol. The number of amides is 2. The molecule has 0 saturated carbocycles. The smallest absolute Gasteiger partial charge is 0.406 e. The lowest BCUT2D eigenvalue weighted by atomic mass is 9.89. The van der Waals surface area contributed by atoms with E-state index in [1.54, 1.807) is 6.92 Å². The normalized spacial score (nSPS) is 17.6. The van der Waals surface area contributed by atoms with Gasteiger partial charge in [0.05, 0.1) is 17.2 Å². The lowest BCUT2D eigenvalue weighted by Crippen LogP contribution is -2.50. The van der Waals surface area contributed by atoms with Crippen LogP contribution in [0.5, 0.6) is 5.75 Å². The third-order valence-electron chi connectivity index (χ3n) is 6.95. The fourth-order valence-electron chi connectivity index (χ4n) is 4.70. The van der Waals surface area contributed by atoms with Crippen LogP contribution in [0.15, 0.2) is 52.4 Å². The molecule has 42 heavy (non-hydrogen) atoms. The molecule has 12 nitrogen and oxygen atoms in total. The Morgan fingerprint density at radius 1 is 1.14 bits per heavy atom. The molecule has 0 aromatic heterocycles. The van der Waals surface area contributed by atoms with E-state index in [1.165, 1.54) is 34.6 Å². The van der Waals surface area contributed by atoms with Gasteiger partial charge in [0.1, 0.15) is 17.1 Å². The fraction of sp³-hybridized carbons (Fsp3) is 0.400. The van der Waals surface area contributed by atoms with Gasteiger partial charge in [0, 0.05) is 18.7 Å². The van der Waals surface area contributed by atoms with Crippen molar-refractivity contribution in [2.75, 3.05) is 25.4 Å².